The van der Waals surface area contributed by atoms with Crippen molar-refractivity contribution in [1.29, 1.82) is 0 Å². The molecule has 3 nitrogen and oxygen atoms in total. The van der Waals surface area contributed by atoms with Crippen LogP contribution in [0.5, 0.6) is 11.5 Å². The Morgan fingerprint density at radius 2 is 2.05 bits per heavy atom. The molecule has 0 fully saturated rings. The van der Waals surface area contributed by atoms with Crippen molar-refractivity contribution >= 4 is 15.9 Å². The topological polar surface area (TPSA) is 38.7 Å². The van der Waals surface area contributed by atoms with Crippen molar-refractivity contribution in [3.8, 4) is 11.5 Å². The van der Waals surface area contributed by atoms with Crippen molar-refractivity contribution in [3.63, 3.8) is 0 Å². The molecule has 2 aromatic carbocycles. The van der Waals surface area contributed by atoms with E-state index in [4.69, 9.17) is 9.47 Å². The Bertz CT molecular complexity index is 675. The summed E-state index contributed by atoms with van der Waals surface area (Å²) in [5, 5.41) is 10.3. The molecular weight excluding hydrogens is 339 g/mol. The van der Waals surface area contributed by atoms with E-state index in [0.717, 1.165) is 4.47 Å². The number of aliphatic hydroxyl groups is 1. The van der Waals surface area contributed by atoms with Gasteiger partial charge in [0, 0.05) is 22.0 Å². The van der Waals surface area contributed by atoms with Gasteiger partial charge >= 0.3 is 0 Å². The Kier molecular flexibility index (Phi) is 3.87. The van der Waals surface area contributed by atoms with Gasteiger partial charge in [-0.15, -0.1) is 0 Å². The molecule has 1 aliphatic rings. The Morgan fingerprint density at radius 3 is 2.81 bits per heavy atom. The normalized spacial score (nSPS) is 20.6. The number of ether oxygens (including phenoxy) is 2. The molecule has 1 heterocycles. The quantitative estimate of drug-likeness (QED) is 0.882. The van der Waals surface area contributed by atoms with E-state index in [0.29, 0.717) is 29.0 Å². The maximum absolute atomic E-state index is 13.4. The predicted octanol–water partition coefficient (Wildman–Crippen LogP) is 4.15. The van der Waals surface area contributed by atoms with Crippen molar-refractivity contribution in [1.82, 2.24) is 0 Å². The number of aliphatic hydroxyl groups excluding tert-OH is 1. The number of methoxy groups -OCH3 is 1. The molecule has 0 saturated carbocycles. The van der Waals surface area contributed by atoms with E-state index >= 15 is 0 Å². The van der Waals surface area contributed by atoms with Gasteiger partial charge in [0.15, 0.2) is 0 Å². The highest BCUT2D eigenvalue weighted by molar-refractivity contribution is 9.10. The number of hydrogen-bond donors (Lipinski definition) is 1. The van der Waals surface area contributed by atoms with Crippen LogP contribution >= 0.6 is 15.9 Å². The van der Waals surface area contributed by atoms with E-state index in [1.54, 1.807) is 31.4 Å². The lowest BCUT2D eigenvalue weighted by Gasteiger charge is -2.30. The van der Waals surface area contributed by atoms with Gasteiger partial charge in [0.1, 0.15) is 23.4 Å². The van der Waals surface area contributed by atoms with Crippen LogP contribution in [0.3, 0.4) is 0 Å². The van der Waals surface area contributed by atoms with Gasteiger partial charge in [0.05, 0.1) is 13.2 Å². The van der Waals surface area contributed by atoms with Gasteiger partial charge in [-0.2, -0.15) is 0 Å². The van der Waals surface area contributed by atoms with Crippen LogP contribution in [0.4, 0.5) is 4.39 Å². The molecule has 2 aromatic rings. The number of fused-ring (bicyclic) bond motifs is 1. The smallest absolute Gasteiger partial charge is 0.128 e. The highest BCUT2D eigenvalue weighted by Crippen LogP contribution is 2.43. The lowest BCUT2D eigenvalue weighted by Crippen LogP contribution is -2.19. The number of hydrogen-bond acceptors (Lipinski definition) is 3. The summed E-state index contributed by atoms with van der Waals surface area (Å²) in [6.07, 6.45) is -0.711. The molecule has 0 spiro atoms. The average molecular weight is 353 g/mol. The second-order valence-electron chi connectivity index (χ2n) is 4.93. The summed E-state index contributed by atoms with van der Waals surface area (Å²) in [6, 6.07) is 9.74. The third-order valence-electron chi connectivity index (χ3n) is 3.59. The Hall–Kier alpha value is -1.59. The first kappa shape index (κ1) is 14.4. The molecule has 1 N–H and O–H groups in total. The lowest BCUT2D eigenvalue weighted by molar-refractivity contribution is 0.0650. The number of halogens is 2. The van der Waals surface area contributed by atoms with Crippen LogP contribution in [-0.4, -0.2) is 12.2 Å². The van der Waals surface area contributed by atoms with Gasteiger partial charge in [-0.05, 0) is 36.4 Å². The average Bonchev–Trinajstić information content (AvgIpc) is 2.49. The highest BCUT2D eigenvalue weighted by Gasteiger charge is 2.29. The zero-order valence-electron chi connectivity index (χ0n) is 11.3. The van der Waals surface area contributed by atoms with Gasteiger partial charge in [0.2, 0.25) is 0 Å². The number of benzene rings is 2. The third kappa shape index (κ3) is 2.76. The Labute approximate surface area is 130 Å². The SMILES string of the molecule is COc1ccc2c(c1)[C@H](O)CC(c1cc(F)ccc1Br)O2. The minimum atomic E-state index is -0.677. The molecule has 0 amide bonds. The molecule has 5 heteroatoms. The molecule has 0 saturated heterocycles. The van der Waals surface area contributed by atoms with Crippen molar-refractivity contribution < 1.29 is 19.0 Å². The van der Waals surface area contributed by atoms with Crippen molar-refractivity contribution in [2.24, 2.45) is 0 Å². The van der Waals surface area contributed by atoms with Crippen LogP contribution in [-0.2, 0) is 0 Å². The molecule has 0 aromatic heterocycles. The molecule has 110 valence electrons. The van der Waals surface area contributed by atoms with Crippen molar-refractivity contribution in [2.45, 2.75) is 18.6 Å². The molecule has 1 aliphatic heterocycles. The fourth-order valence-electron chi connectivity index (χ4n) is 2.50. The minimum Gasteiger partial charge on any atom is -0.497 e. The van der Waals surface area contributed by atoms with Gasteiger partial charge < -0.3 is 14.6 Å². The Balaban J connectivity index is 1.96. The fourth-order valence-corrected chi connectivity index (χ4v) is 3.01. The lowest BCUT2D eigenvalue weighted by atomic mass is 9.95. The summed E-state index contributed by atoms with van der Waals surface area (Å²) >= 11 is 3.40. The molecule has 2 atom stereocenters. The molecule has 1 unspecified atom stereocenters. The first-order chi connectivity index (χ1) is 10.1. The second kappa shape index (κ2) is 5.66. The standard InChI is InChI=1S/C16H14BrFO3/c1-20-10-3-5-15-12(7-10)14(19)8-16(21-15)11-6-9(18)2-4-13(11)17/h2-7,14,16,19H,8H2,1H3/t14-,16?/m1/s1. The van der Waals surface area contributed by atoms with Crippen LogP contribution < -0.4 is 9.47 Å². The molecule has 0 radical (unpaired) electrons. The van der Waals surface area contributed by atoms with Gasteiger partial charge in [-0.1, -0.05) is 15.9 Å². The summed E-state index contributed by atoms with van der Waals surface area (Å²) in [5.41, 5.74) is 1.38. The second-order valence-corrected chi connectivity index (χ2v) is 5.78. The Morgan fingerprint density at radius 1 is 1.24 bits per heavy atom. The summed E-state index contributed by atoms with van der Waals surface area (Å²) in [5.74, 6) is 0.935. The zero-order chi connectivity index (χ0) is 15.0. The van der Waals surface area contributed by atoms with E-state index in [9.17, 15) is 9.50 Å². The predicted molar refractivity (Wildman–Crippen MR) is 80.0 cm³/mol. The maximum atomic E-state index is 13.4. The summed E-state index contributed by atoms with van der Waals surface area (Å²) < 4.78 is 25.3. The van der Waals surface area contributed by atoms with Crippen LogP contribution in [0.25, 0.3) is 0 Å². The highest BCUT2D eigenvalue weighted by atomic mass is 79.9. The van der Waals surface area contributed by atoms with Gasteiger partial charge in [-0.3, -0.25) is 0 Å². The molecule has 21 heavy (non-hydrogen) atoms. The van der Waals surface area contributed by atoms with Gasteiger partial charge in [-0.25, -0.2) is 4.39 Å². The van der Waals surface area contributed by atoms with Gasteiger partial charge in [0.25, 0.3) is 0 Å². The van der Waals surface area contributed by atoms with E-state index < -0.39 is 12.2 Å². The van der Waals surface area contributed by atoms with Crippen molar-refractivity contribution in [2.75, 3.05) is 7.11 Å². The monoisotopic (exact) mass is 352 g/mol. The fraction of sp³-hybridized carbons (Fsp3) is 0.250. The minimum absolute atomic E-state index is 0.327. The van der Waals surface area contributed by atoms with Crippen molar-refractivity contribution in [3.05, 3.63) is 57.8 Å². The largest absolute Gasteiger partial charge is 0.497 e. The summed E-state index contributed by atoms with van der Waals surface area (Å²) in [4.78, 5) is 0. The third-order valence-corrected chi connectivity index (χ3v) is 4.31. The molecule has 0 bridgehead atoms. The van der Waals surface area contributed by atoms with E-state index in [1.807, 2.05) is 0 Å². The van der Waals surface area contributed by atoms with Crippen LogP contribution in [0, 0.1) is 5.82 Å². The first-order valence-corrected chi connectivity index (χ1v) is 7.35. The molecular formula is C16H14BrFO3. The van der Waals surface area contributed by atoms with Crippen LogP contribution in [0.1, 0.15) is 29.8 Å². The van der Waals surface area contributed by atoms with Crippen LogP contribution in [0.15, 0.2) is 40.9 Å². The first-order valence-electron chi connectivity index (χ1n) is 6.56. The zero-order valence-corrected chi connectivity index (χ0v) is 12.9. The maximum Gasteiger partial charge on any atom is 0.128 e. The van der Waals surface area contributed by atoms with E-state index in [1.165, 1.54) is 12.1 Å². The van der Waals surface area contributed by atoms with Crippen LogP contribution in [0.2, 0.25) is 0 Å². The summed E-state index contributed by atoms with van der Waals surface area (Å²) in [6.45, 7) is 0. The molecule has 0 aliphatic carbocycles. The van der Waals surface area contributed by atoms with E-state index in [2.05, 4.69) is 15.9 Å². The summed E-state index contributed by atoms with van der Waals surface area (Å²) in [7, 11) is 1.57. The number of rotatable bonds is 2. The molecule has 3 rings (SSSR count). The van der Waals surface area contributed by atoms with E-state index in [-0.39, 0.29) is 5.82 Å².